The lowest BCUT2D eigenvalue weighted by Crippen LogP contribution is -2.66. The minimum Gasteiger partial charge on any atom is -0.497 e. The van der Waals surface area contributed by atoms with Gasteiger partial charge in [0.05, 0.1) is 46.9 Å². The molecule has 0 saturated carbocycles. The Morgan fingerprint density at radius 1 is 0.870 bits per heavy atom. The van der Waals surface area contributed by atoms with Crippen LogP contribution in [-0.4, -0.2) is 138 Å². The number of rotatable bonds is 19. The first-order chi connectivity index (χ1) is 32.9. The minimum atomic E-state index is -1.81. The van der Waals surface area contributed by atoms with E-state index in [0.717, 1.165) is 31.8 Å². The number of esters is 2. The second-order valence-electron chi connectivity index (χ2n) is 16.4. The van der Waals surface area contributed by atoms with E-state index in [0.29, 0.717) is 28.2 Å². The van der Waals surface area contributed by atoms with Gasteiger partial charge in [-0.1, -0.05) is 54.6 Å². The van der Waals surface area contributed by atoms with Crippen LogP contribution in [0.4, 0.5) is 0 Å². The quantitative estimate of drug-likeness (QED) is 0.0770. The van der Waals surface area contributed by atoms with Crippen molar-refractivity contribution in [3.8, 4) is 11.5 Å². The Labute approximate surface area is 396 Å². The van der Waals surface area contributed by atoms with Crippen LogP contribution in [0.15, 0.2) is 94.6 Å². The molecule has 1 radical (unpaired) electrons. The largest absolute Gasteiger partial charge is 0.497 e. The molecule has 6 rings (SSSR count). The van der Waals surface area contributed by atoms with Crippen molar-refractivity contribution in [3.63, 3.8) is 0 Å². The Morgan fingerprint density at radius 3 is 1.99 bits per heavy atom. The van der Waals surface area contributed by atoms with Gasteiger partial charge in [-0.05, 0) is 47.9 Å². The summed E-state index contributed by atoms with van der Waals surface area (Å²) >= 11 is 0. The van der Waals surface area contributed by atoms with Gasteiger partial charge in [-0.15, -0.1) is 0 Å². The van der Waals surface area contributed by atoms with E-state index in [2.05, 4.69) is 10.3 Å². The number of methoxy groups -OCH3 is 2. The third-order valence-corrected chi connectivity index (χ3v) is 11.5. The summed E-state index contributed by atoms with van der Waals surface area (Å²) in [6, 6.07) is 22.2. The molecule has 69 heavy (non-hydrogen) atoms. The van der Waals surface area contributed by atoms with Gasteiger partial charge in [0, 0.05) is 39.0 Å². The van der Waals surface area contributed by atoms with E-state index in [9.17, 15) is 43.8 Å². The molecule has 3 heterocycles. The fraction of sp³-hybridized carbons (Fsp3) is 0.417. The van der Waals surface area contributed by atoms with Gasteiger partial charge in [-0.3, -0.25) is 38.3 Å². The Morgan fingerprint density at radius 2 is 1.45 bits per heavy atom. The molecule has 4 N–H and O–H groups in total. The molecular formula is C48H55N4O17. The molecule has 2 saturated heterocycles. The molecule has 369 valence electrons. The predicted molar refractivity (Wildman–Crippen MR) is 241 cm³/mol. The first-order valence-corrected chi connectivity index (χ1v) is 21.7. The predicted octanol–water partition coefficient (Wildman–Crippen LogP) is 1.75. The van der Waals surface area contributed by atoms with Gasteiger partial charge in [0.2, 0.25) is 11.8 Å². The second kappa shape index (κ2) is 22.5. The smallest absolute Gasteiger partial charge is 0.330 e. The number of carbonyl (C=O) groups excluding carboxylic acids is 4. The normalized spacial score (nSPS) is 22.5. The molecule has 2 amide bonds. The van der Waals surface area contributed by atoms with Crippen LogP contribution in [0.3, 0.4) is 0 Å². The molecule has 0 aliphatic carbocycles. The van der Waals surface area contributed by atoms with E-state index in [-0.39, 0.29) is 18.7 Å². The van der Waals surface area contributed by atoms with E-state index in [1.165, 1.54) is 32.2 Å². The molecule has 3 aromatic carbocycles. The van der Waals surface area contributed by atoms with Crippen LogP contribution in [-0.2, 0) is 58.0 Å². The number of hydrogen-bond donors (Lipinski definition) is 4. The lowest BCUT2D eigenvalue weighted by Gasteiger charge is -2.47. The average Bonchev–Trinajstić information content (AvgIpc) is 3.33. The Bertz CT molecular complexity index is 2520. The third-order valence-electron chi connectivity index (χ3n) is 11.5. The summed E-state index contributed by atoms with van der Waals surface area (Å²) in [6.07, 6.45) is -5.50. The number of benzene rings is 3. The number of morpholine rings is 1. The van der Waals surface area contributed by atoms with Crippen molar-refractivity contribution in [2.75, 3.05) is 47.1 Å². The molecule has 2 aliphatic heterocycles. The van der Waals surface area contributed by atoms with Crippen molar-refractivity contribution in [3.05, 3.63) is 135 Å². The SMILES string of the molecule is COc1ccc(C(OC[C@]2(CO)CN(C(=O)CO[C@@H]3O[C@H]([CH]CC(=O)O)[C@@H](OC(C)=O)[C@H](OC(C)=O)[C@H]3NC(C)=O)C[C@H](n3cc(C)c(=O)[nH]c3=O)O2)(c2ccccc2)c2ccc(OC)cc2)cc1. The first kappa shape index (κ1) is 51.5. The molecule has 2 aliphatic rings. The lowest BCUT2D eigenvalue weighted by molar-refractivity contribution is -0.266. The van der Waals surface area contributed by atoms with Crippen molar-refractivity contribution in [2.24, 2.45) is 0 Å². The summed E-state index contributed by atoms with van der Waals surface area (Å²) in [4.78, 5) is 92.9. The van der Waals surface area contributed by atoms with E-state index in [1.54, 1.807) is 24.3 Å². The number of hydrogen-bond acceptors (Lipinski definition) is 16. The fourth-order valence-electron chi connectivity index (χ4n) is 8.33. The van der Waals surface area contributed by atoms with Crippen LogP contribution in [0.2, 0.25) is 0 Å². The standard InChI is InChI=1S/C48H55N4O17/c1-28-22-52(46(61)50-44(28)60)39-23-51(38(57)24-64-45-41(49-29(2)54)43(67-31(4)56)42(66-30(3)55)37(68-45)20-21-40(58)59)25-47(26-53,69-39)27-65-48(32-10-8-7-9-11-32,33-12-16-35(62-5)17-13-33)34-14-18-36(63-6)19-15-34/h7-20,22,37,39,41-43,45,53H,21,23-27H2,1-6H3,(H,49,54)(H,58,59)(H,50,60,61)/t37-,39-,41-,42-,43-,45-,47-/m1/s1. The summed E-state index contributed by atoms with van der Waals surface area (Å²) in [5.41, 5.74) is -2.70. The highest BCUT2D eigenvalue weighted by Gasteiger charge is 2.52. The molecule has 2 fully saturated rings. The first-order valence-electron chi connectivity index (χ1n) is 21.7. The zero-order valence-electron chi connectivity index (χ0n) is 38.8. The number of ether oxygens (including phenoxy) is 8. The molecule has 1 aromatic heterocycles. The zero-order valence-corrected chi connectivity index (χ0v) is 38.8. The number of aryl methyl sites for hydroxylation is 1. The molecule has 7 atom stereocenters. The molecule has 0 bridgehead atoms. The number of carboxylic acid groups (broad SMARTS) is 1. The van der Waals surface area contributed by atoms with Crippen molar-refractivity contribution in [1.82, 2.24) is 19.8 Å². The van der Waals surface area contributed by atoms with Gasteiger partial charge in [0.25, 0.3) is 5.56 Å². The maximum atomic E-state index is 14.6. The van der Waals surface area contributed by atoms with E-state index >= 15 is 0 Å². The van der Waals surface area contributed by atoms with Crippen LogP contribution < -0.4 is 26.0 Å². The lowest BCUT2D eigenvalue weighted by atomic mass is 9.79. The highest BCUT2D eigenvalue weighted by atomic mass is 16.7. The third kappa shape index (κ3) is 12.0. The van der Waals surface area contributed by atoms with Gasteiger partial charge in [-0.2, -0.15) is 0 Å². The molecule has 0 spiro atoms. The summed E-state index contributed by atoms with van der Waals surface area (Å²) in [6.45, 7) is 2.03. The number of H-pyrrole nitrogens is 1. The average molecular weight is 960 g/mol. The number of aliphatic hydroxyl groups is 1. The van der Waals surface area contributed by atoms with Gasteiger partial charge in [-0.25, -0.2) is 4.79 Å². The maximum Gasteiger partial charge on any atom is 0.330 e. The molecule has 4 aromatic rings. The van der Waals surface area contributed by atoms with Gasteiger partial charge in [0.1, 0.15) is 41.5 Å². The maximum absolute atomic E-state index is 14.6. The number of carbonyl (C=O) groups is 5. The van der Waals surface area contributed by atoms with Crippen molar-refractivity contribution < 1.29 is 72.1 Å². The van der Waals surface area contributed by atoms with Crippen LogP contribution in [0.1, 0.15) is 55.7 Å². The number of nitrogens with one attached hydrogen (secondary N) is 2. The van der Waals surface area contributed by atoms with Crippen LogP contribution in [0.5, 0.6) is 11.5 Å². The Hall–Kier alpha value is -6.91. The molecule has 0 unspecified atom stereocenters. The number of carboxylic acids is 1. The number of aromatic nitrogens is 2. The number of aromatic amines is 1. The monoisotopic (exact) mass is 959 g/mol. The zero-order chi connectivity index (χ0) is 50.0. The number of nitrogens with zero attached hydrogens (tertiary/aromatic N) is 2. The van der Waals surface area contributed by atoms with Crippen molar-refractivity contribution in [1.29, 1.82) is 0 Å². The minimum absolute atomic E-state index is 0.139. The number of aliphatic carboxylic acids is 1. The molecule has 21 nitrogen and oxygen atoms in total. The fourth-order valence-corrected chi connectivity index (χ4v) is 8.33. The summed E-state index contributed by atoms with van der Waals surface area (Å²) in [5, 5.41) is 23.5. The van der Waals surface area contributed by atoms with Crippen LogP contribution in [0.25, 0.3) is 0 Å². The molecular weight excluding hydrogens is 905 g/mol. The Kier molecular flexibility index (Phi) is 16.8. The van der Waals surface area contributed by atoms with Crippen molar-refractivity contribution in [2.45, 2.75) is 82.2 Å². The van der Waals surface area contributed by atoms with E-state index in [4.69, 9.17) is 37.9 Å². The Balaban J connectivity index is 1.40. The second-order valence-corrected chi connectivity index (χ2v) is 16.4. The topological polar surface area (TPSA) is 270 Å². The van der Waals surface area contributed by atoms with Crippen molar-refractivity contribution >= 4 is 29.7 Å². The van der Waals surface area contributed by atoms with Crippen LogP contribution in [0, 0.1) is 13.3 Å². The number of aliphatic hydroxyl groups excluding tert-OH is 1. The summed E-state index contributed by atoms with van der Waals surface area (Å²) in [5.74, 6) is -3.25. The van der Waals surface area contributed by atoms with E-state index in [1.807, 2.05) is 54.6 Å². The summed E-state index contributed by atoms with van der Waals surface area (Å²) < 4.78 is 48.9. The highest BCUT2D eigenvalue weighted by Crippen LogP contribution is 2.43. The van der Waals surface area contributed by atoms with Gasteiger partial charge >= 0.3 is 23.6 Å². The van der Waals surface area contributed by atoms with Crippen LogP contribution >= 0.6 is 0 Å². The number of amides is 2. The highest BCUT2D eigenvalue weighted by molar-refractivity contribution is 5.78. The van der Waals surface area contributed by atoms with E-state index < -0.39 is 115 Å². The van der Waals surface area contributed by atoms with Gasteiger partial charge in [0.15, 0.2) is 24.7 Å². The molecule has 21 heteroatoms. The van der Waals surface area contributed by atoms with Gasteiger partial charge < -0.3 is 58.3 Å². The summed E-state index contributed by atoms with van der Waals surface area (Å²) in [7, 11) is 3.08.